The SMILES string of the molecule is CCN(CCC(C)(NC(C)C)C(N)=O)CC1CC1. The van der Waals surface area contributed by atoms with Crippen LogP contribution in [-0.4, -0.2) is 42.0 Å². The molecular formula is C14H29N3O. The summed E-state index contributed by atoms with van der Waals surface area (Å²) < 4.78 is 0. The van der Waals surface area contributed by atoms with E-state index in [0.717, 1.165) is 25.4 Å². The van der Waals surface area contributed by atoms with Gasteiger partial charge in [0, 0.05) is 19.1 Å². The van der Waals surface area contributed by atoms with Crippen LogP contribution >= 0.6 is 0 Å². The molecule has 0 aromatic rings. The molecule has 0 aromatic carbocycles. The van der Waals surface area contributed by atoms with E-state index in [1.165, 1.54) is 19.4 Å². The van der Waals surface area contributed by atoms with E-state index in [2.05, 4.69) is 17.1 Å². The number of primary amides is 1. The molecule has 1 amide bonds. The molecule has 1 atom stereocenters. The molecule has 0 saturated heterocycles. The third-order valence-corrected chi connectivity index (χ3v) is 3.74. The van der Waals surface area contributed by atoms with Crippen LogP contribution in [0.4, 0.5) is 0 Å². The molecule has 0 heterocycles. The van der Waals surface area contributed by atoms with Gasteiger partial charge in [-0.25, -0.2) is 0 Å². The first-order valence-corrected chi connectivity index (χ1v) is 7.17. The summed E-state index contributed by atoms with van der Waals surface area (Å²) in [7, 11) is 0. The number of nitrogens with one attached hydrogen (secondary N) is 1. The first-order valence-electron chi connectivity index (χ1n) is 7.17. The van der Waals surface area contributed by atoms with Crippen LogP contribution in [0.25, 0.3) is 0 Å². The van der Waals surface area contributed by atoms with Crippen molar-refractivity contribution in [3.8, 4) is 0 Å². The molecule has 0 aliphatic heterocycles. The number of amides is 1. The fourth-order valence-electron chi connectivity index (χ4n) is 2.33. The molecule has 4 nitrogen and oxygen atoms in total. The van der Waals surface area contributed by atoms with Crippen LogP contribution in [0, 0.1) is 5.92 Å². The summed E-state index contributed by atoms with van der Waals surface area (Å²) in [5.74, 6) is 0.640. The molecule has 0 bridgehead atoms. The molecule has 0 radical (unpaired) electrons. The van der Waals surface area contributed by atoms with Gasteiger partial charge in [0.25, 0.3) is 0 Å². The standard InChI is InChI=1S/C14H29N3O/c1-5-17(10-12-6-7-12)9-8-14(4,13(15)18)16-11(2)3/h11-12,16H,5-10H2,1-4H3,(H2,15,18). The van der Waals surface area contributed by atoms with Crippen LogP contribution in [0.1, 0.15) is 47.0 Å². The lowest BCUT2D eigenvalue weighted by atomic mass is 9.95. The number of rotatable bonds is 9. The first-order chi connectivity index (χ1) is 8.37. The second-order valence-electron chi connectivity index (χ2n) is 6.08. The predicted octanol–water partition coefficient (Wildman–Crippen LogP) is 1.35. The van der Waals surface area contributed by atoms with E-state index in [0.29, 0.717) is 0 Å². The Kier molecular flexibility index (Phi) is 5.60. The molecule has 1 aliphatic carbocycles. The van der Waals surface area contributed by atoms with Crippen molar-refractivity contribution in [1.29, 1.82) is 0 Å². The van der Waals surface area contributed by atoms with E-state index in [1.807, 2.05) is 20.8 Å². The summed E-state index contributed by atoms with van der Waals surface area (Å²) in [6, 6.07) is 0.265. The van der Waals surface area contributed by atoms with E-state index < -0.39 is 5.54 Å². The van der Waals surface area contributed by atoms with Crippen molar-refractivity contribution in [1.82, 2.24) is 10.2 Å². The molecule has 1 fully saturated rings. The maximum atomic E-state index is 11.6. The van der Waals surface area contributed by atoms with E-state index in [1.54, 1.807) is 0 Å². The van der Waals surface area contributed by atoms with Crippen LogP contribution in [0.2, 0.25) is 0 Å². The first kappa shape index (κ1) is 15.4. The number of carbonyl (C=O) groups is 1. The average molecular weight is 255 g/mol. The molecule has 3 N–H and O–H groups in total. The van der Waals surface area contributed by atoms with Crippen molar-refractivity contribution in [2.45, 2.75) is 58.5 Å². The summed E-state index contributed by atoms with van der Waals surface area (Å²) in [6.07, 6.45) is 3.52. The zero-order chi connectivity index (χ0) is 13.8. The lowest BCUT2D eigenvalue weighted by Crippen LogP contribution is -2.56. The Morgan fingerprint density at radius 3 is 2.50 bits per heavy atom. The Morgan fingerprint density at radius 1 is 1.50 bits per heavy atom. The minimum atomic E-state index is -0.592. The van der Waals surface area contributed by atoms with Gasteiger partial charge in [0.2, 0.25) is 5.91 Å². The molecule has 1 rings (SSSR count). The van der Waals surface area contributed by atoms with Crippen LogP contribution in [0.5, 0.6) is 0 Å². The maximum absolute atomic E-state index is 11.6. The van der Waals surface area contributed by atoms with E-state index in [-0.39, 0.29) is 11.9 Å². The smallest absolute Gasteiger partial charge is 0.237 e. The molecule has 0 aromatic heterocycles. The van der Waals surface area contributed by atoms with Gasteiger partial charge in [-0.2, -0.15) is 0 Å². The highest BCUT2D eigenvalue weighted by atomic mass is 16.1. The zero-order valence-electron chi connectivity index (χ0n) is 12.3. The molecule has 4 heteroatoms. The van der Waals surface area contributed by atoms with Crippen LogP contribution in [0.15, 0.2) is 0 Å². The molecule has 1 unspecified atom stereocenters. The zero-order valence-corrected chi connectivity index (χ0v) is 12.3. The van der Waals surface area contributed by atoms with Crippen molar-refractivity contribution in [2.75, 3.05) is 19.6 Å². The third-order valence-electron chi connectivity index (χ3n) is 3.74. The summed E-state index contributed by atoms with van der Waals surface area (Å²) in [4.78, 5) is 14.1. The molecule has 0 spiro atoms. The number of nitrogens with zero attached hydrogens (tertiary/aromatic N) is 1. The second-order valence-corrected chi connectivity index (χ2v) is 6.08. The summed E-state index contributed by atoms with van der Waals surface area (Å²) in [5.41, 5.74) is 4.95. The van der Waals surface area contributed by atoms with Gasteiger partial charge in [-0.3, -0.25) is 4.79 Å². The molecule has 1 aliphatic rings. The van der Waals surface area contributed by atoms with Crippen molar-refractivity contribution >= 4 is 5.91 Å². The monoisotopic (exact) mass is 255 g/mol. The normalized spacial score (nSPS) is 19.2. The van der Waals surface area contributed by atoms with Crippen LogP contribution in [-0.2, 0) is 4.79 Å². The summed E-state index contributed by atoms with van der Waals surface area (Å²) in [5, 5.41) is 3.30. The van der Waals surface area contributed by atoms with E-state index in [4.69, 9.17) is 5.73 Å². The van der Waals surface area contributed by atoms with Gasteiger partial charge in [0.15, 0.2) is 0 Å². The number of carbonyl (C=O) groups excluding carboxylic acids is 1. The molecular weight excluding hydrogens is 226 g/mol. The van der Waals surface area contributed by atoms with Crippen molar-refractivity contribution in [3.05, 3.63) is 0 Å². The van der Waals surface area contributed by atoms with Gasteiger partial charge in [-0.1, -0.05) is 6.92 Å². The topological polar surface area (TPSA) is 58.4 Å². The quantitative estimate of drug-likeness (QED) is 0.654. The van der Waals surface area contributed by atoms with Crippen molar-refractivity contribution < 1.29 is 4.79 Å². The molecule has 106 valence electrons. The fourth-order valence-corrected chi connectivity index (χ4v) is 2.33. The second kappa shape index (κ2) is 6.53. The Morgan fingerprint density at radius 2 is 2.11 bits per heavy atom. The Bertz CT molecular complexity index is 276. The Labute approximate surface area is 111 Å². The Balaban J connectivity index is 2.46. The van der Waals surface area contributed by atoms with Crippen LogP contribution < -0.4 is 11.1 Å². The van der Waals surface area contributed by atoms with Gasteiger partial charge in [-0.15, -0.1) is 0 Å². The van der Waals surface area contributed by atoms with Gasteiger partial charge in [0.05, 0.1) is 5.54 Å². The highest BCUT2D eigenvalue weighted by Gasteiger charge is 2.32. The van der Waals surface area contributed by atoms with Crippen molar-refractivity contribution in [2.24, 2.45) is 11.7 Å². The van der Waals surface area contributed by atoms with E-state index in [9.17, 15) is 4.79 Å². The lowest BCUT2D eigenvalue weighted by Gasteiger charge is -2.32. The third kappa shape index (κ3) is 4.94. The number of hydrogen-bond donors (Lipinski definition) is 2. The number of nitrogens with two attached hydrogens (primary N) is 1. The van der Waals surface area contributed by atoms with Crippen molar-refractivity contribution in [3.63, 3.8) is 0 Å². The molecule has 18 heavy (non-hydrogen) atoms. The Hall–Kier alpha value is -0.610. The summed E-state index contributed by atoms with van der Waals surface area (Å²) in [6.45, 7) is 11.3. The predicted molar refractivity (Wildman–Crippen MR) is 75.3 cm³/mol. The van der Waals surface area contributed by atoms with Gasteiger partial charge >= 0.3 is 0 Å². The largest absolute Gasteiger partial charge is 0.368 e. The molecule has 1 saturated carbocycles. The highest BCUT2D eigenvalue weighted by molar-refractivity contribution is 5.84. The van der Waals surface area contributed by atoms with Gasteiger partial charge in [0.1, 0.15) is 0 Å². The summed E-state index contributed by atoms with van der Waals surface area (Å²) >= 11 is 0. The van der Waals surface area contributed by atoms with E-state index >= 15 is 0 Å². The van der Waals surface area contributed by atoms with Gasteiger partial charge in [-0.05, 0) is 52.5 Å². The number of hydrogen-bond acceptors (Lipinski definition) is 3. The maximum Gasteiger partial charge on any atom is 0.237 e. The lowest BCUT2D eigenvalue weighted by molar-refractivity contribution is -0.124. The van der Waals surface area contributed by atoms with Gasteiger partial charge < -0.3 is 16.0 Å². The van der Waals surface area contributed by atoms with Crippen LogP contribution in [0.3, 0.4) is 0 Å². The minimum absolute atomic E-state index is 0.251. The fraction of sp³-hybridized carbons (Fsp3) is 0.929. The minimum Gasteiger partial charge on any atom is -0.368 e. The average Bonchev–Trinajstić information content (AvgIpc) is 3.06. The highest BCUT2D eigenvalue weighted by Crippen LogP contribution is 2.29.